The third kappa shape index (κ3) is 2.56. The number of aryl methyl sites for hydroxylation is 1. The molecule has 0 fully saturated rings. The zero-order valence-electron chi connectivity index (χ0n) is 10.3. The lowest BCUT2D eigenvalue weighted by Gasteiger charge is -2.04. The Bertz CT molecular complexity index is 628. The predicted molar refractivity (Wildman–Crippen MR) is 66.7 cm³/mol. The first-order valence-corrected chi connectivity index (χ1v) is 6.13. The standard InChI is InChI=1S/C10H11N5O3S/c1-6-3-4-11-9(8(6)15(17)18)19-10-13-12-7(5-16)14(10)2/h3-4,16H,5H2,1-2H3. The Balaban J connectivity index is 2.41. The van der Waals surface area contributed by atoms with E-state index >= 15 is 0 Å². The zero-order valence-corrected chi connectivity index (χ0v) is 11.1. The fraction of sp³-hybridized carbons (Fsp3) is 0.300. The van der Waals surface area contributed by atoms with Crippen molar-refractivity contribution in [3.63, 3.8) is 0 Å². The van der Waals surface area contributed by atoms with E-state index in [1.54, 1.807) is 24.6 Å². The molecule has 0 radical (unpaired) electrons. The summed E-state index contributed by atoms with van der Waals surface area (Å²) < 4.78 is 1.57. The van der Waals surface area contributed by atoms with Crippen molar-refractivity contribution in [2.24, 2.45) is 7.05 Å². The molecule has 100 valence electrons. The third-order valence-corrected chi connectivity index (χ3v) is 3.56. The average Bonchev–Trinajstić information content (AvgIpc) is 2.70. The van der Waals surface area contributed by atoms with Crippen molar-refractivity contribution in [3.8, 4) is 0 Å². The van der Waals surface area contributed by atoms with E-state index < -0.39 is 4.92 Å². The Kier molecular flexibility index (Phi) is 3.76. The molecule has 0 aromatic carbocycles. The second kappa shape index (κ2) is 5.33. The van der Waals surface area contributed by atoms with Gasteiger partial charge in [-0.2, -0.15) is 0 Å². The molecule has 0 amide bonds. The van der Waals surface area contributed by atoms with Crippen LogP contribution in [-0.4, -0.2) is 29.8 Å². The van der Waals surface area contributed by atoms with E-state index in [-0.39, 0.29) is 17.3 Å². The highest BCUT2D eigenvalue weighted by Gasteiger charge is 2.21. The summed E-state index contributed by atoms with van der Waals surface area (Å²) in [5.74, 6) is 0.387. The van der Waals surface area contributed by atoms with Crippen molar-refractivity contribution in [1.29, 1.82) is 0 Å². The molecular formula is C10H11N5O3S. The molecule has 0 aliphatic heterocycles. The molecule has 19 heavy (non-hydrogen) atoms. The molecule has 0 saturated carbocycles. The van der Waals surface area contributed by atoms with Gasteiger partial charge in [-0.1, -0.05) is 0 Å². The van der Waals surface area contributed by atoms with E-state index in [0.29, 0.717) is 16.5 Å². The number of nitrogens with zero attached hydrogens (tertiary/aromatic N) is 5. The van der Waals surface area contributed by atoms with Crippen molar-refractivity contribution in [3.05, 3.63) is 33.8 Å². The number of rotatable bonds is 4. The van der Waals surface area contributed by atoms with E-state index in [0.717, 1.165) is 11.8 Å². The topological polar surface area (TPSA) is 107 Å². The lowest BCUT2D eigenvalue weighted by Crippen LogP contribution is -2.00. The lowest BCUT2D eigenvalue weighted by molar-refractivity contribution is -0.388. The van der Waals surface area contributed by atoms with Crippen LogP contribution in [0.3, 0.4) is 0 Å². The molecule has 0 spiro atoms. The minimum atomic E-state index is -0.464. The smallest absolute Gasteiger partial charge is 0.304 e. The number of hydrogen-bond donors (Lipinski definition) is 1. The molecule has 2 aromatic rings. The number of hydrogen-bond acceptors (Lipinski definition) is 7. The highest BCUT2D eigenvalue weighted by molar-refractivity contribution is 7.99. The highest BCUT2D eigenvalue weighted by Crippen LogP contribution is 2.33. The summed E-state index contributed by atoms with van der Waals surface area (Å²) in [4.78, 5) is 14.6. The molecule has 0 bridgehead atoms. The van der Waals surface area contributed by atoms with Crippen molar-refractivity contribution >= 4 is 17.4 Å². The van der Waals surface area contributed by atoms with E-state index in [2.05, 4.69) is 15.2 Å². The van der Waals surface area contributed by atoms with Crippen LogP contribution >= 0.6 is 11.8 Å². The molecule has 1 N–H and O–H groups in total. The number of pyridine rings is 1. The second-order valence-corrected chi connectivity index (χ2v) is 4.71. The van der Waals surface area contributed by atoms with Crippen LogP contribution in [-0.2, 0) is 13.7 Å². The van der Waals surface area contributed by atoms with Gasteiger partial charge in [0.15, 0.2) is 16.0 Å². The number of aliphatic hydroxyl groups is 1. The SMILES string of the molecule is Cc1ccnc(Sc2nnc(CO)n2C)c1[N+](=O)[O-]. The van der Waals surface area contributed by atoms with E-state index in [1.165, 1.54) is 6.20 Å². The van der Waals surface area contributed by atoms with E-state index in [1.807, 2.05) is 0 Å². The quantitative estimate of drug-likeness (QED) is 0.659. The monoisotopic (exact) mass is 281 g/mol. The maximum Gasteiger partial charge on any atom is 0.304 e. The first-order valence-electron chi connectivity index (χ1n) is 5.31. The molecule has 2 rings (SSSR count). The minimum absolute atomic E-state index is 0.0407. The molecule has 2 heterocycles. The summed E-state index contributed by atoms with van der Waals surface area (Å²) in [5.41, 5.74) is 0.494. The van der Waals surface area contributed by atoms with Gasteiger partial charge in [0.1, 0.15) is 6.61 Å². The van der Waals surface area contributed by atoms with Crippen LogP contribution in [0.4, 0.5) is 5.69 Å². The van der Waals surface area contributed by atoms with Gasteiger partial charge in [0.25, 0.3) is 0 Å². The highest BCUT2D eigenvalue weighted by atomic mass is 32.2. The fourth-order valence-corrected chi connectivity index (χ4v) is 2.42. The van der Waals surface area contributed by atoms with Gasteiger partial charge in [-0.05, 0) is 24.8 Å². The van der Waals surface area contributed by atoms with Crippen LogP contribution in [0.5, 0.6) is 0 Å². The molecule has 9 heteroatoms. The molecule has 2 aromatic heterocycles. The summed E-state index contributed by atoms with van der Waals surface area (Å²) in [7, 11) is 1.68. The number of nitro groups is 1. The van der Waals surface area contributed by atoms with Gasteiger partial charge in [0.05, 0.1) is 4.92 Å². The molecule has 0 saturated heterocycles. The number of aliphatic hydroxyl groups excluding tert-OH is 1. The molecule has 0 aliphatic carbocycles. The van der Waals surface area contributed by atoms with Gasteiger partial charge in [0, 0.05) is 18.8 Å². The van der Waals surface area contributed by atoms with E-state index in [4.69, 9.17) is 5.11 Å². The van der Waals surface area contributed by atoms with Gasteiger partial charge in [0.2, 0.25) is 0 Å². The Morgan fingerprint density at radius 1 is 1.53 bits per heavy atom. The van der Waals surface area contributed by atoms with Crippen molar-refractivity contribution < 1.29 is 10.0 Å². The maximum atomic E-state index is 11.0. The van der Waals surface area contributed by atoms with Crippen LogP contribution in [0.1, 0.15) is 11.4 Å². The fourth-order valence-electron chi connectivity index (χ4n) is 1.48. The summed E-state index contributed by atoms with van der Waals surface area (Å²) in [5, 5.41) is 28.4. The summed E-state index contributed by atoms with van der Waals surface area (Å²) >= 11 is 1.04. The Morgan fingerprint density at radius 3 is 2.84 bits per heavy atom. The van der Waals surface area contributed by atoms with Gasteiger partial charge < -0.3 is 9.67 Å². The Labute approximate surface area is 112 Å². The van der Waals surface area contributed by atoms with Crippen LogP contribution in [0, 0.1) is 17.0 Å². The van der Waals surface area contributed by atoms with Crippen LogP contribution < -0.4 is 0 Å². The van der Waals surface area contributed by atoms with Gasteiger partial charge in [-0.15, -0.1) is 10.2 Å². The Hall–Kier alpha value is -2.00. The van der Waals surface area contributed by atoms with Gasteiger partial charge >= 0.3 is 5.69 Å². The number of aromatic nitrogens is 4. The first-order chi connectivity index (χ1) is 9.04. The molecule has 0 aliphatic rings. The largest absolute Gasteiger partial charge is 0.388 e. The van der Waals surface area contributed by atoms with Crippen LogP contribution in [0.15, 0.2) is 22.4 Å². The first kappa shape index (κ1) is 13.4. The normalized spacial score (nSPS) is 10.7. The van der Waals surface area contributed by atoms with E-state index in [9.17, 15) is 10.1 Å². The summed E-state index contributed by atoms with van der Waals surface area (Å²) in [6.07, 6.45) is 1.51. The Morgan fingerprint density at radius 2 is 2.26 bits per heavy atom. The molecule has 0 unspecified atom stereocenters. The van der Waals surface area contributed by atoms with Crippen LogP contribution in [0.25, 0.3) is 0 Å². The van der Waals surface area contributed by atoms with Crippen LogP contribution in [0.2, 0.25) is 0 Å². The van der Waals surface area contributed by atoms with Gasteiger partial charge in [-0.25, -0.2) is 4.98 Å². The zero-order chi connectivity index (χ0) is 14.0. The molecule has 8 nitrogen and oxygen atoms in total. The van der Waals surface area contributed by atoms with Gasteiger partial charge in [-0.3, -0.25) is 10.1 Å². The maximum absolute atomic E-state index is 11.0. The second-order valence-electron chi connectivity index (χ2n) is 3.76. The molecule has 0 atom stereocenters. The van der Waals surface area contributed by atoms with Crippen molar-refractivity contribution in [1.82, 2.24) is 19.7 Å². The molecular weight excluding hydrogens is 270 g/mol. The summed E-state index contributed by atoms with van der Waals surface area (Å²) in [6.45, 7) is 1.41. The lowest BCUT2D eigenvalue weighted by atomic mass is 10.3. The van der Waals surface area contributed by atoms with Crippen molar-refractivity contribution in [2.75, 3.05) is 0 Å². The third-order valence-electron chi connectivity index (χ3n) is 2.53. The van der Waals surface area contributed by atoms with Crippen molar-refractivity contribution in [2.45, 2.75) is 23.7 Å². The predicted octanol–water partition coefficient (Wildman–Crippen LogP) is 1.07. The average molecular weight is 281 g/mol. The summed E-state index contributed by atoms with van der Waals surface area (Å²) in [6, 6.07) is 1.58. The minimum Gasteiger partial charge on any atom is -0.388 e.